The van der Waals surface area contributed by atoms with Crippen molar-refractivity contribution in [1.82, 2.24) is 0 Å². The Bertz CT molecular complexity index is 314. The predicted octanol–water partition coefficient (Wildman–Crippen LogP) is 2.04. The van der Waals surface area contributed by atoms with Crippen molar-refractivity contribution < 1.29 is 10.0 Å². The zero-order chi connectivity index (χ0) is 11.3. The maximum absolute atomic E-state index is 9.23. The molecule has 84 valence electrons. The topological polar surface area (TPSA) is 24.7 Å². The fourth-order valence-corrected chi connectivity index (χ4v) is 2.18. The van der Waals surface area contributed by atoms with Crippen LogP contribution in [0.4, 0.5) is 5.69 Å². The van der Waals surface area contributed by atoms with E-state index in [1.54, 1.807) is 12.1 Å². The first kappa shape index (κ1) is 12.9. The Balaban J connectivity index is 2.89. The lowest BCUT2D eigenvalue weighted by atomic mass is 10.2. The Labute approximate surface area is 104 Å². The summed E-state index contributed by atoms with van der Waals surface area (Å²) in [7, 11) is 0. The summed E-state index contributed by atoms with van der Waals surface area (Å²) >= 11 is 17.4. The molecular weight excluding hydrogens is 256 g/mol. The van der Waals surface area contributed by atoms with E-state index in [2.05, 4.69) is 0 Å². The lowest BCUT2D eigenvalue weighted by molar-refractivity contribution is -0.827. The predicted molar refractivity (Wildman–Crippen MR) is 64.9 cm³/mol. The molecule has 0 radical (unpaired) electrons. The molecule has 0 bridgehead atoms. The van der Waals surface area contributed by atoms with E-state index in [4.69, 9.17) is 34.8 Å². The standard InChI is InChI=1S/C10H12Cl3NO/c11-3-5-14(6-4-12)10-2-1-8(15)7-9(10)13/h1-2,7,15H,3-6H2/p+1. The maximum atomic E-state index is 9.23. The van der Waals surface area contributed by atoms with Crippen LogP contribution in [0.3, 0.4) is 0 Å². The van der Waals surface area contributed by atoms with Crippen molar-refractivity contribution in [2.24, 2.45) is 0 Å². The number of nitrogens with one attached hydrogen (secondary N) is 1. The molecule has 0 aliphatic heterocycles. The lowest BCUT2D eigenvalue weighted by Crippen LogP contribution is -3.08. The first-order chi connectivity index (χ1) is 7.19. The van der Waals surface area contributed by atoms with Crippen LogP contribution in [0.1, 0.15) is 0 Å². The van der Waals surface area contributed by atoms with E-state index in [0.717, 1.165) is 23.7 Å². The van der Waals surface area contributed by atoms with Crippen LogP contribution in [-0.4, -0.2) is 30.0 Å². The van der Waals surface area contributed by atoms with E-state index in [1.807, 2.05) is 0 Å². The highest BCUT2D eigenvalue weighted by molar-refractivity contribution is 6.32. The third-order valence-corrected chi connectivity index (χ3v) is 2.82. The van der Waals surface area contributed by atoms with Crippen molar-refractivity contribution in [2.75, 3.05) is 24.8 Å². The van der Waals surface area contributed by atoms with E-state index >= 15 is 0 Å². The third-order valence-electron chi connectivity index (χ3n) is 2.13. The molecule has 1 aromatic rings. The largest absolute Gasteiger partial charge is 0.508 e. The van der Waals surface area contributed by atoms with Crippen LogP contribution in [0.5, 0.6) is 5.75 Å². The number of halogens is 3. The summed E-state index contributed by atoms with van der Waals surface area (Å²) in [5, 5.41) is 9.78. The van der Waals surface area contributed by atoms with Gasteiger partial charge in [-0.05, 0) is 6.07 Å². The smallest absolute Gasteiger partial charge is 0.150 e. The number of alkyl halides is 2. The van der Waals surface area contributed by atoms with Crippen molar-refractivity contribution in [3.05, 3.63) is 23.2 Å². The number of hydrogen-bond donors (Lipinski definition) is 2. The van der Waals surface area contributed by atoms with E-state index in [0.29, 0.717) is 16.8 Å². The fourth-order valence-electron chi connectivity index (χ4n) is 1.41. The summed E-state index contributed by atoms with van der Waals surface area (Å²) in [5.74, 6) is 1.26. The van der Waals surface area contributed by atoms with Gasteiger partial charge in [-0.1, -0.05) is 11.6 Å². The third kappa shape index (κ3) is 3.72. The van der Waals surface area contributed by atoms with Crippen molar-refractivity contribution in [3.63, 3.8) is 0 Å². The molecule has 0 spiro atoms. The molecule has 0 aromatic heterocycles. The van der Waals surface area contributed by atoms with Crippen LogP contribution in [0.2, 0.25) is 5.02 Å². The molecule has 0 atom stereocenters. The first-order valence-electron chi connectivity index (χ1n) is 4.64. The van der Waals surface area contributed by atoms with E-state index in [-0.39, 0.29) is 5.75 Å². The summed E-state index contributed by atoms with van der Waals surface area (Å²) in [6.45, 7) is 1.53. The zero-order valence-electron chi connectivity index (χ0n) is 8.14. The molecule has 2 nitrogen and oxygen atoms in total. The second kappa shape index (κ2) is 6.44. The monoisotopic (exact) mass is 268 g/mol. The van der Waals surface area contributed by atoms with Gasteiger partial charge in [0.15, 0.2) is 0 Å². The van der Waals surface area contributed by atoms with E-state index < -0.39 is 0 Å². The molecule has 1 rings (SSSR count). The molecule has 0 saturated carbocycles. The van der Waals surface area contributed by atoms with Gasteiger partial charge in [0.05, 0.1) is 24.8 Å². The molecule has 1 aromatic carbocycles. The number of aromatic hydroxyl groups is 1. The highest BCUT2D eigenvalue weighted by Gasteiger charge is 2.15. The molecule has 0 saturated heterocycles. The van der Waals surface area contributed by atoms with Crippen LogP contribution >= 0.6 is 34.8 Å². The van der Waals surface area contributed by atoms with Gasteiger partial charge in [0.25, 0.3) is 0 Å². The van der Waals surface area contributed by atoms with E-state index in [9.17, 15) is 5.11 Å². The highest BCUT2D eigenvalue weighted by atomic mass is 35.5. The summed E-state index contributed by atoms with van der Waals surface area (Å²) < 4.78 is 0. The van der Waals surface area contributed by atoms with Gasteiger partial charge in [-0.2, -0.15) is 0 Å². The van der Waals surface area contributed by atoms with Crippen LogP contribution < -0.4 is 4.90 Å². The van der Waals surface area contributed by atoms with Crippen molar-refractivity contribution >= 4 is 40.5 Å². The summed E-state index contributed by atoms with van der Waals surface area (Å²) in [6, 6.07) is 4.94. The number of phenols is 1. The number of benzene rings is 1. The maximum Gasteiger partial charge on any atom is 0.150 e. The van der Waals surface area contributed by atoms with Crippen molar-refractivity contribution in [3.8, 4) is 5.75 Å². The second-order valence-electron chi connectivity index (χ2n) is 3.15. The molecule has 0 amide bonds. The van der Waals surface area contributed by atoms with Gasteiger partial charge in [-0.3, -0.25) is 4.90 Å². The molecule has 0 fully saturated rings. The van der Waals surface area contributed by atoms with E-state index in [1.165, 1.54) is 6.07 Å². The molecular formula is C10H13Cl3NO+. The highest BCUT2D eigenvalue weighted by Crippen LogP contribution is 2.22. The molecule has 0 aliphatic carbocycles. The molecule has 0 aliphatic rings. The second-order valence-corrected chi connectivity index (χ2v) is 4.31. The SMILES string of the molecule is Oc1ccc([NH+](CCCl)CCCl)c(Cl)c1. The van der Waals surface area contributed by atoms with Gasteiger partial charge >= 0.3 is 0 Å². The molecule has 2 N–H and O–H groups in total. The average molecular weight is 270 g/mol. The van der Waals surface area contributed by atoms with Gasteiger partial charge in [-0.15, -0.1) is 23.2 Å². The van der Waals surface area contributed by atoms with Crippen LogP contribution in [0.25, 0.3) is 0 Å². The Morgan fingerprint density at radius 3 is 2.20 bits per heavy atom. The van der Waals surface area contributed by atoms with Crippen molar-refractivity contribution in [1.29, 1.82) is 0 Å². The quantitative estimate of drug-likeness (QED) is 0.620. The summed E-state index contributed by atoms with van der Waals surface area (Å²) in [6.07, 6.45) is 0. The Kier molecular flexibility index (Phi) is 5.54. The van der Waals surface area contributed by atoms with Gasteiger partial charge < -0.3 is 5.11 Å². The normalized spacial score (nSPS) is 10.9. The minimum absolute atomic E-state index is 0.167. The molecule has 0 heterocycles. The first-order valence-corrected chi connectivity index (χ1v) is 6.09. The molecule has 5 heteroatoms. The summed E-state index contributed by atoms with van der Waals surface area (Å²) in [4.78, 5) is 1.13. The minimum atomic E-state index is 0.167. The zero-order valence-corrected chi connectivity index (χ0v) is 10.4. The molecule has 0 unspecified atom stereocenters. The van der Waals surface area contributed by atoms with Crippen LogP contribution in [0, 0.1) is 0 Å². The van der Waals surface area contributed by atoms with Gasteiger partial charge in [-0.25, -0.2) is 0 Å². The van der Waals surface area contributed by atoms with Gasteiger partial charge in [0.1, 0.15) is 16.5 Å². The van der Waals surface area contributed by atoms with Crippen molar-refractivity contribution in [2.45, 2.75) is 0 Å². The Morgan fingerprint density at radius 2 is 1.73 bits per heavy atom. The molecule has 15 heavy (non-hydrogen) atoms. The average Bonchev–Trinajstić information content (AvgIpc) is 2.17. The summed E-state index contributed by atoms with van der Waals surface area (Å²) in [5.41, 5.74) is 0.927. The Hall–Kier alpha value is -0.150. The fraction of sp³-hybridized carbons (Fsp3) is 0.400. The number of rotatable bonds is 5. The van der Waals surface area contributed by atoms with Crippen LogP contribution in [-0.2, 0) is 0 Å². The lowest BCUT2D eigenvalue weighted by Gasteiger charge is -2.17. The van der Waals surface area contributed by atoms with Crippen LogP contribution in [0.15, 0.2) is 18.2 Å². The van der Waals surface area contributed by atoms with Gasteiger partial charge in [0, 0.05) is 12.1 Å². The number of quaternary nitrogens is 1. The number of hydrogen-bond acceptors (Lipinski definition) is 1. The van der Waals surface area contributed by atoms with Gasteiger partial charge in [0.2, 0.25) is 0 Å². The minimum Gasteiger partial charge on any atom is -0.508 e. The Morgan fingerprint density at radius 1 is 1.13 bits per heavy atom. The number of phenolic OH excluding ortho intramolecular Hbond substituents is 1.